The van der Waals surface area contributed by atoms with Crippen molar-refractivity contribution in [2.24, 2.45) is 0 Å². The Morgan fingerprint density at radius 3 is 2.92 bits per heavy atom. The van der Waals surface area contributed by atoms with Crippen LogP contribution in [0.15, 0.2) is 18.2 Å². The summed E-state index contributed by atoms with van der Waals surface area (Å²) in [5.74, 6) is 0.904. The summed E-state index contributed by atoms with van der Waals surface area (Å²) in [5.41, 5.74) is 0.491. The molecule has 1 aromatic heterocycles. The maximum absolute atomic E-state index is 8.67. The monoisotopic (exact) mass is 173 g/mol. The molecule has 0 unspecified atom stereocenters. The molecule has 2 rings (SSSR count). The third-order valence-corrected chi connectivity index (χ3v) is 2.30. The maximum Gasteiger partial charge on any atom is 0.142 e. The summed E-state index contributed by atoms with van der Waals surface area (Å²) in [6.07, 6.45) is 2.49. The number of rotatable bonds is 2. The van der Waals surface area contributed by atoms with E-state index in [9.17, 15) is 0 Å². The van der Waals surface area contributed by atoms with Crippen LogP contribution in [0.3, 0.4) is 0 Å². The van der Waals surface area contributed by atoms with E-state index in [-0.39, 0.29) is 0 Å². The van der Waals surface area contributed by atoms with Crippen molar-refractivity contribution >= 4 is 5.82 Å². The van der Waals surface area contributed by atoms with Crippen molar-refractivity contribution in [1.29, 1.82) is 5.26 Å². The van der Waals surface area contributed by atoms with Crippen molar-refractivity contribution in [2.45, 2.75) is 18.9 Å². The van der Waals surface area contributed by atoms with E-state index >= 15 is 0 Å². The van der Waals surface area contributed by atoms with Gasteiger partial charge in [0.25, 0.3) is 0 Å². The fourth-order valence-corrected chi connectivity index (χ4v) is 1.33. The molecular weight excluding hydrogens is 162 g/mol. The molecule has 1 aromatic rings. The van der Waals surface area contributed by atoms with E-state index in [2.05, 4.69) is 9.88 Å². The smallest absolute Gasteiger partial charge is 0.142 e. The molecule has 0 saturated heterocycles. The van der Waals surface area contributed by atoms with Crippen LogP contribution in [0.25, 0.3) is 0 Å². The zero-order valence-corrected chi connectivity index (χ0v) is 7.57. The van der Waals surface area contributed by atoms with Crippen molar-refractivity contribution in [1.82, 2.24) is 4.98 Å². The van der Waals surface area contributed by atoms with E-state index in [0.717, 1.165) is 5.82 Å². The minimum Gasteiger partial charge on any atom is -0.357 e. The highest BCUT2D eigenvalue weighted by molar-refractivity contribution is 5.42. The summed E-state index contributed by atoms with van der Waals surface area (Å²) in [7, 11) is 2.03. The molecule has 1 aliphatic carbocycles. The molecule has 0 N–H and O–H groups in total. The van der Waals surface area contributed by atoms with Crippen molar-refractivity contribution in [3.8, 4) is 6.07 Å². The Balaban J connectivity index is 2.24. The first-order valence-electron chi connectivity index (χ1n) is 4.41. The molecule has 1 aliphatic rings. The largest absolute Gasteiger partial charge is 0.357 e. The lowest BCUT2D eigenvalue weighted by Gasteiger charge is -2.16. The van der Waals surface area contributed by atoms with Gasteiger partial charge in [0.05, 0.1) is 0 Å². The highest BCUT2D eigenvalue weighted by atomic mass is 15.2. The normalized spacial score (nSPS) is 15.1. The number of anilines is 1. The van der Waals surface area contributed by atoms with Crippen molar-refractivity contribution < 1.29 is 0 Å². The molecule has 0 aliphatic heterocycles. The van der Waals surface area contributed by atoms with E-state index in [4.69, 9.17) is 5.26 Å². The molecule has 0 spiro atoms. The first kappa shape index (κ1) is 8.06. The molecule has 0 radical (unpaired) electrons. The van der Waals surface area contributed by atoms with Crippen LogP contribution in [-0.2, 0) is 0 Å². The number of hydrogen-bond donors (Lipinski definition) is 0. The Morgan fingerprint density at radius 2 is 2.31 bits per heavy atom. The zero-order chi connectivity index (χ0) is 9.26. The van der Waals surface area contributed by atoms with Gasteiger partial charge in [0.2, 0.25) is 0 Å². The van der Waals surface area contributed by atoms with Crippen LogP contribution in [0.4, 0.5) is 5.82 Å². The highest BCUT2D eigenvalue weighted by Gasteiger charge is 2.26. The molecular formula is C10H11N3. The number of pyridine rings is 1. The second kappa shape index (κ2) is 3.06. The molecule has 3 nitrogen and oxygen atoms in total. The lowest BCUT2D eigenvalue weighted by molar-refractivity contribution is 0.890. The summed E-state index contributed by atoms with van der Waals surface area (Å²) >= 11 is 0. The van der Waals surface area contributed by atoms with Gasteiger partial charge < -0.3 is 4.90 Å². The van der Waals surface area contributed by atoms with Crippen molar-refractivity contribution in [3.63, 3.8) is 0 Å². The van der Waals surface area contributed by atoms with E-state index in [1.54, 1.807) is 6.07 Å². The average Bonchev–Trinajstić information content (AvgIpc) is 3.00. The summed E-state index contributed by atoms with van der Waals surface area (Å²) in [5, 5.41) is 8.67. The topological polar surface area (TPSA) is 39.9 Å². The first-order valence-corrected chi connectivity index (χ1v) is 4.41. The maximum atomic E-state index is 8.67. The third-order valence-electron chi connectivity index (χ3n) is 2.30. The van der Waals surface area contributed by atoms with Gasteiger partial charge in [-0.1, -0.05) is 6.07 Å². The minimum atomic E-state index is 0.491. The molecule has 1 fully saturated rings. The van der Waals surface area contributed by atoms with Gasteiger partial charge in [-0.05, 0) is 25.0 Å². The Morgan fingerprint density at radius 1 is 1.54 bits per heavy atom. The predicted octanol–water partition coefficient (Wildman–Crippen LogP) is 1.55. The minimum absolute atomic E-state index is 0.491. The standard InChI is InChI=1S/C10H11N3/c1-13(9-5-6-9)10-4-2-3-8(7-11)12-10/h2-4,9H,5-6H2,1H3. The van der Waals surface area contributed by atoms with Gasteiger partial charge in [-0.25, -0.2) is 4.98 Å². The summed E-state index contributed by atoms with van der Waals surface area (Å²) in [6, 6.07) is 8.23. The lowest BCUT2D eigenvalue weighted by Crippen LogP contribution is -2.20. The Kier molecular flexibility index (Phi) is 1.90. The molecule has 66 valence electrons. The first-order chi connectivity index (χ1) is 6.31. The van der Waals surface area contributed by atoms with Crippen molar-refractivity contribution in [3.05, 3.63) is 23.9 Å². The van der Waals surface area contributed by atoms with Gasteiger partial charge in [-0.2, -0.15) is 5.26 Å². The Labute approximate surface area is 77.6 Å². The SMILES string of the molecule is CN(c1cccc(C#N)n1)C1CC1. The van der Waals surface area contributed by atoms with Crippen LogP contribution in [0.5, 0.6) is 0 Å². The van der Waals surface area contributed by atoms with Crippen LogP contribution >= 0.6 is 0 Å². The Bertz CT molecular complexity index is 349. The van der Waals surface area contributed by atoms with Gasteiger partial charge in [0.15, 0.2) is 0 Å². The molecule has 1 heterocycles. The quantitative estimate of drug-likeness (QED) is 0.681. The molecule has 0 bridgehead atoms. The van der Waals surface area contributed by atoms with E-state index < -0.39 is 0 Å². The van der Waals surface area contributed by atoms with E-state index in [1.807, 2.05) is 25.2 Å². The molecule has 0 atom stereocenters. The summed E-state index contributed by atoms with van der Waals surface area (Å²) < 4.78 is 0. The average molecular weight is 173 g/mol. The van der Waals surface area contributed by atoms with Gasteiger partial charge in [0, 0.05) is 13.1 Å². The highest BCUT2D eigenvalue weighted by Crippen LogP contribution is 2.28. The van der Waals surface area contributed by atoms with Crippen LogP contribution in [0.2, 0.25) is 0 Å². The number of nitriles is 1. The summed E-state index contributed by atoms with van der Waals surface area (Å²) in [6.45, 7) is 0. The fourth-order valence-electron chi connectivity index (χ4n) is 1.33. The van der Waals surface area contributed by atoms with Crippen LogP contribution in [0.1, 0.15) is 18.5 Å². The van der Waals surface area contributed by atoms with Crippen LogP contribution in [-0.4, -0.2) is 18.1 Å². The predicted molar refractivity (Wildman–Crippen MR) is 50.4 cm³/mol. The summed E-state index contributed by atoms with van der Waals surface area (Å²) in [4.78, 5) is 6.36. The molecule has 0 aromatic carbocycles. The number of nitrogens with zero attached hydrogens (tertiary/aromatic N) is 3. The second-order valence-corrected chi connectivity index (χ2v) is 3.33. The zero-order valence-electron chi connectivity index (χ0n) is 7.57. The van der Waals surface area contributed by atoms with Crippen LogP contribution < -0.4 is 4.90 Å². The van der Waals surface area contributed by atoms with Crippen molar-refractivity contribution in [2.75, 3.05) is 11.9 Å². The fraction of sp³-hybridized carbons (Fsp3) is 0.400. The van der Waals surface area contributed by atoms with Gasteiger partial charge in [-0.15, -0.1) is 0 Å². The molecule has 1 saturated carbocycles. The van der Waals surface area contributed by atoms with E-state index in [0.29, 0.717) is 11.7 Å². The van der Waals surface area contributed by atoms with Gasteiger partial charge in [-0.3, -0.25) is 0 Å². The number of hydrogen-bond acceptors (Lipinski definition) is 3. The molecule has 13 heavy (non-hydrogen) atoms. The molecule has 0 amide bonds. The lowest BCUT2D eigenvalue weighted by atomic mass is 10.3. The Hall–Kier alpha value is -1.56. The number of aromatic nitrogens is 1. The van der Waals surface area contributed by atoms with Gasteiger partial charge >= 0.3 is 0 Å². The van der Waals surface area contributed by atoms with E-state index in [1.165, 1.54) is 12.8 Å². The van der Waals surface area contributed by atoms with Gasteiger partial charge in [0.1, 0.15) is 17.6 Å². The molecule has 3 heteroatoms. The third kappa shape index (κ3) is 1.62. The second-order valence-electron chi connectivity index (χ2n) is 3.33. The van der Waals surface area contributed by atoms with Crippen LogP contribution in [0, 0.1) is 11.3 Å².